The van der Waals surface area contributed by atoms with Crippen LogP contribution in [-0.4, -0.2) is 34.1 Å². The molecule has 0 saturated heterocycles. The average molecular weight is 314 g/mol. The van der Waals surface area contributed by atoms with Crippen LogP contribution in [0.25, 0.3) is 0 Å². The molecule has 1 heterocycles. The van der Waals surface area contributed by atoms with Crippen LogP contribution in [0.15, 0.2) is 9.59 Å². The van der Waals surface area contributed by atoms with E-state index in [2.05, 4.69) is 9.88 Å². The van der Waals surface area contributed by atoms with E-state index < -0.39 is 5.69 Å². The van der Waals surface area contributed by atoms with E-state index in [0.29, 0.717) is 18.5 Å². The van der Waals surface area contributed by atoms with Crippen molar-refractivity contribution in [3.63, 3.8) is 0 Å². The Morgan fingerprint density at radius 2 is 1.90 bits per heavy atom. The standard InChI is InChI=1S/C15H24ClN3O2/c1-4-7-11-12(16)17-14(21)19(13(11)20)10-15(18(2)3)8-5-6-9-15/h4-10H2,1-3H3,(H,17,21). The van der Waals surface area contributed by atoms with Gasteiger partial charge in [-0.1, -0.05) is 37.8 Å². The molecule has 5 nitrogen and oxygen atoms in total. The number of nitrogens with one attached hydrogen (secondary N) is 1. The van der Waals surface area contributed by atoms with Gasteiger partial charge >= 0.3 is 5.69 Å². The van der Waals surface area contributed by atoms with Crippen LogP contribution in [0.4, 0.5) is 0 Å². The first-order valence-electron chi connectivity index (χ1n) is 7.60. The van der Waals surface area contributed by atoms with Crippen molar-refractivity contribution in [2.45, 2.75) is 57.5 Å². The Labute approximate surface area is 129 Å². The first-order valence-corrected chi connectivity index (χ1v) is 7.98. The maximum atomic E-state index is 12.6. The molecule has 0 atom stereocenters. The van der Waals surface area contributed by atoms with Gasteiger partial charge in [-0.05, 0) is 33.4 Å². The Kier molecular flexibility index (Phi) is 4.94. The second-order valence-corrected chi connectivity index (χ2v) is 6.57. The van der Waals surface area contributed by atoms with Gasteiger partial charge in [-0.25, -0.2) is 4.79 Å². The minimum absolute atomic E-state index is 0.103. The van der Waals surface area contributed by atoms with E-state index in [1.807, 2.05) is 21.0 Å². The summed E-state index contributed by atoms with van der Waals surface area (Å²) in [5, 5.41) is 0.188. The van der Waals surface area contributed by atoms with E-state index in [1.165, 1.54) is 4.57 Å². The molecule has 0 spiro atoms. The fourth-order valence-electron chi connectivity index (χ4n) is 3.27. The predicted octanol–water partition coefficient (Wildman–Crippen LogP) is 2.02. The van der Waals surface area contributed by atoms with Gasteiger partial charge in [-0.15, -0.1) is 0 Å². The summed E-state index contributed by atoms with van der Waals surface area (Å²) in [7, 11) is 4.04. The van der Waals surface area contributed by atoms with Crippen molar-refractivity contribution in [1.82, 2.24) is 14.5 Å². The van der Waals surface area contributed by atoms with Crippen LogP contribution in [0, 0.1) is 0 Å². The van der Waals surface area contributed by atoms with Crippen LogP contribution in [0.1, 0.15) is 44.6 Å². The highest BCUT2D eigenvalue weighted by Gasteiger charge is 2.37. The molecule has 21 heavy (non-hydrogen) atoms. The normalized spacial score (nSPS) is 17.6. The van der Waals surface area contributed by atoms with E-state index in [-0.39, 0.29) is 16.3 Å². The van der Waals surface area contributed by atoms with Gasteiger partial charge in [0.05, 0.1) is 5.56 Å². The average Bonchev–Trinajstić information content (AvgIpc) is 2.89. The van der Waals surface area contributed by atoms with Gasteiger partial charge in [0.25, 0.3) is 5.56 Å². The Morgan fingerprint density at radius 3 is 2.43 bits per heavy atom. The van der Waals surface area contributed by atoms with Gasteiger partial charge in [0.1, 0.15) is 5.15 Å². The molecule has 0 unspecified atom stereocenters. The van der Waals surface area contributed by atoms with Gasteiger partial charge in [-0.2, -0.15) is 0 Å². The van der Waals surface area contributed by atoms with Crippen LogP contribution >= 0.6 is 11.6 Å². The zero-order valence-corrected chi connectivity index (χ0v) is 13.8. The van der Waals surface area contributed by atoms with Crippen molar-refractivity contribution in [3.8, 4) is 0 Å². The van der Waals surface area contributed by atoms with Crippen molar-refractivity contribution >= 4 is 11.6 Å². The molecule has 1 aromatic heterocycles. The molecule has 1 aromatic rings. The highest BCUT2D eigenvalue weighted by atomic mass is 35.5. The van der Waals surface area contributed by atoms with Crippen molar-refractivity contribution in [2.24, 2.45) is 0 Å². The number of rotatable bonds is 5. The van der Waals surface area contributed by atoms with Crippen LogP contribution in [0.5, 0.6) is 0 Å². The molecule has 0 radical (unpaired) electrons. The zero-order chi connectivity index (χ0) is 15.6. The number of aromatic nitrogens is 2. The fraction of sp³-hybridized carbons (Fsp3) is 0.733. The first-order chi connectivity index (χ1) is 9.91. The number of H-pyrrole nitrogens is 1. The topological polar surface area (TPSA) is 58.1 Å². The molecule has 1 N–H and O–H groups in total. The third-order valence-electron chi connectivity index (χ3n) is 4.67. The van der Waals surface area contributed by atoms with E-state index in [0.717, 1.165) is 32.1 Å². The molecule has 118 valence electrons. The lowest BCUT2D eigenvalue weighted by Crippen LogP contribution is -2.51. The molecule has 1 saturated carbocycles. The Hall–Kier alpha value is -1.07. The number of hydrogen-bond acceptors (Lipinski definition) is 3. The summed E-state index contributed by atoms with van der Waals surface area (Å²) >= 11 is 6.02. The molecule has 0 bridgehead atoms. The number of likely N-dealkylation sites (N-methyl/N-ethyl adjacent to an activating group) is 1. The van der Waals surface area contributed by atoms with Gasteiger partial charge < -0.3 is 4.90 Å². The molecule has 2 rings (SSSR count). The Bertz CT molecular complexity index is 612. The van der Waals surface area contributed by atoms with Crippen molar-refractivity contribution < 1.29 is 0 Å². The first kappa shape index (κ1) is 16.3. The second kappa shape index (κ2) is 6.36. The summed E-state index contributed by atoms with van der Waals surface area (Å²) in [6.07, 6.45) is 5.71. The van der Waals surface area contributed by atoms with Crippen molar-refractivity contribution in [3.05, 3.63) is 31.6 Å². The number of hydrogen-bond donors (Lipinski definition) is 1. The van der Waals surface area contributed by atoms with Gasteiger partial charge in [-0.3, -0.25) is 14.3 Å². The highest BCUT2D eigenvalue weighted by Crippen LogP contribution is 2.34. The number of nitrogens with zero attached hydrogens (tertiary/aromatic N) is 2. The molecule has 0 aliphatic heterocycles. The summed E-state index contributed by atoms with van der Waals surface area (Å²) < 4.78 is 1.34. The van der Waals surface area contributed by atoms with Crippen molar-refractivity contribution in [2.75, 3.05) is 14.1 Å². The molecule has 6 heteroatoms. The summed E-state index contributed by atoms with van der Waals surface area (Å²) in [5.41, 5.74) is -0.226. The summed E-state index contributed by atoms with van der Waals surface area (Å²) in [4.78, 5) is 29.5. The molecule has 1 fully saturated rings. The third kappa shape index (κ3) is 3.09. The molecule has 1 aliphatic carbocycles. The molecule has 0 aromatic carbocycles. The van der Waals surface area contributed by atoms with Crippen LogP contribution in [0.3, 0.4) is 0 Å². The van der Waals surface area contributed by atoms with Crippen molar-refractivity contribution in [1.29, 1.82) is 0 Å². The number of aromatic amines is 1. The lowest BCUT2D eigenvalue weighted by Gasteiger charge is -2.36. The molecule has 1 aliphatic rings. The quantitative estimate of drug-likeness (QED) is 0.846. The Morgan fingerprint density at radius 1 is 1.29 bits per heavy atom. The van der Waals surface area contributed by atoms with Gasteiger partial charge in [0.2, 0.25) is 0 Å². The maximum absolute atomic E-state index is 12.6. The smallest absolute Gasteiger partial charge is 0.302 e. The summed E-state index contributed by atoms with van der Waals surface area (Å²) in [5.74, 6) is 0. The minimum atomic E-state index is -0.405. The predicted molar refractivity (Wildman–Crippen MR) is 85.2 cm³/mol. The van der Waals surface area contributed by atoms with Gasteiger partial charge in [0.15, 0.2) is 0 Å². The summed E-state index contributed by atoms with van der Waals surface area (Å²) in [6, 6.07) is 0. The molecular formula is C15H24ClN3O2. The third-order valence-corrected chi connectivity index (χ3v) is 4.99. The largest absolute Gasteiger partial charge is 0.329 e. The Balaban J connectivity index is 2.47. The van der Waals surface area contributed by atoms with E-state index in [1.54, 1.807) is 0 Å². The van der Waals surface area contributed by atoms with E-state index in [9.17, 15) is 9.59 Å². The SMILES string of the molecule is CCCc1c(Cl)[nH]c(=O)n(CC2(N(C)C)CCCC2)c1=O. The van der Waals surface area contributed by atoms with E-state index in [4.69, 9.17) is 11.6 Å². The zero-order valence-electron chi connectivity index (χ0n) is 13.0. The minimum Gasteiger partial charge on any atom is -0.302 e. The number of halogens is 1. The van der Waals surface area contributed by atoms with Crippen LogP contribution < -0.4 is 11.2 Å². The summed E-state index contributed by atoms with van der Waals surface area (Å²) in [6.45, 7) is 2.42. The monoisotopic (exact) mass is 313 g/mol. The maximum Gasteiger partial charge on any atom is 0.329 e. The lowest BCUT2D eigenvalue weighted by molar-refractivity contribution is 0.130. The van der Waals surface area contributed by atoms with Gasteiger partial charge in [0, 0.05) is 12.1 Å². The molecular weight excluding hydrogens is 290 g/mol. The van der Waals surface area contributed by atoms with E-state index >= 15 is 0 Å². The highest BCUT2D eigenvalue weighted by molar-refractivity contribution is 6.30. The molecule has 0 amide bonds. The van der Waals surface area contributed by atoms with Crippen LogP contribution in [0.2, 0.25) is 5.15 Å². The van der Waals surface area contributed by atoms with Crippen LogP contribution in [-0.2, 0) is 13.0 Å². The fourth-order valence-corrected chi connectivity index (χ4v) is 3.53. The lowest BCUT2D eigenvalue weighted by atomic mass is 9.96. The second-order valence-electron chi connectivity index (χ2n) is 6.19.